The van der Waals surface area contributed by atoms with E-state index in [0.29, 0.717) is 118 Å². The fourth-order valence-corrected chi connectivity index (χ4v) is 10.9. The molecule has 9 rings (SSSR count). The van der Waals surface area contributed by atoms with Crippen molar-refractivity contribution in [3.05, 3.63) is 191 Å². The summed E-state index contributed by atoms with van der Waals surface area (Å²) in [6.45, 7) is 11.2. The third kappa shape index (κ3) is 20.1. The zero-order chi connectivity index (χ0) is 58.3. The van der Waals surface area contributed by atoms with Gasteiger partial charge in [0.2, 0.25) is 35.4 Å². The molecule has 3 aliphatic heterocycles. The van der Waals surface area contributed by atoms with Crippen molar-refractivity contribution in [3.63, 3.8) is 0 Å². The van der Waals surface area contributed by atoms with E-state index in [1.807, 2.05) is 87.5 Å². The standard InChI is InChI=1S/C66H80N12O6/c79-61-45-76(42-51-7-3-1-4-8-51)46-62(80)68-28-34-73(33-27-67-61)39-53-11-19-57(20-12-53)58-21-13-54(14-22-58)40-75-37-31-71-65(83)49-78(50-66(84)72-32-38-75)44-56-17-25-60(26-18-56)59-23-15-55(16-24-59)41-74-35-29-69-63(81)47-77(48-64(82)70-30-36-74)43-52-9-5-2-6-10-52/h1-26H,27-50H2,(H,67,79)(H,68,80)(H,69,81)(H,70,82)(H,71,83)(H,72,84). The summed E-state index contributed by atoms with van der Waals surface area (Å²) in [5.41, 5.74) is 10.8. The van der Waals surface area contributed by atoms with E-state index in [0.717, 1.165) is 55.6 Å². The number of rotatable bonds is 14. The number of nitrogens with zero attached hydrogens (tertiary/aromatic N) is 6. The van der Waals surface area contributed by atoms with Gasteiger partial charge in [0.15, 0.2) is 0 Å². The lowest BCUT2D eigenvalue weighted by Crippen LogP contribution is -2.47. The third-order valence-electron chi connectivity index (χ3n) is 15.3. The maximum atomic E-state index is 13.3. The lowest BCUT2D eigenvalue weighted by Gasteiger charge is -2.26. The molecule has 0 bridgehead atoms. The number of nitrogens with one attached hydrogen (secondary N) is 6. The first kappa shape index (κ1) is 60.5. The number of hydrogen-bond donors (Lipinski definition) is 6. The molecule has 6 aromatic carbocycles. The Labute approximate surface area is 493 Å². The van der Waals surface area contributed by atoms with Gasteiger partial charge in [0, 0.05) is 118 Å². The Morgan fingerprint density at radius 2 is 0.405 bits per heavy atom. The van der Waals surface area contributed by atoms with Gasteiger partial charge in [-0.2, -0.15) is 0 Å². The molecule has 440 valence electrons. The molecule has 0 atom stereocenters. The van der Waals surface area contributed by atoms with Gasteiger partial charge in [-0.05, 0) is 55.6 Å². The van der Waals surface area contributed by atoms with E-state index in [1.165, 1.54) is 0 Å². The Balaban J connectivity index is 0.697. The van der Waals surface area contributed by atoms with E-state index >= 15 is 0 Å². The van der Waals surface area contributed by atoms with Crippen molar-refractivity contribution >= 4 is 35.4 Å². The van der Waals surface area contributed by atoms with Crippen LogP contribution in [0.5, 0.6) is 0 Å². The van der Waals surface area contributed by atoms with Crippen LogP contribution in [-0.2, 0) is 68.0 Å². The maximum Gasteiger partial charge on any atom is 0.234 e. The molecule has 0 spiro atoms. The van der Waals surface area contributed by atoms with Crippen LogP contribution < -0.4 is 31.9 Å². The number of amides is 6. The van der Waals surface area contributed by atoms with Crippen LogP contribution >= 0.6 is 0 Å². The Morgan fingerprint density at radius 3 is 0.607 bits per heavy atom. The fraction of sp³-hybridized carbons (Fsp3) is 0.364. The Bertz CT molecular complexity index is 3010. The monoisotopic (exact) mass is 1140 g/mol. The van der Waals surface area contributed by atoms with Gasteiger partial charge in [-0.3, -0.25) is 58.2 Å². The molecule has 0 unspecified atom stereocenters. The quantitative estimate of drug-likeness (QED) is 0.0930. The van der Waals surface area contributed by atoms with E-state index in [1.54, 1.807) is 0 Å². The van der Waals surface area contributed by atoms with Crippen LogP contribution in [0, 0.1) is 0 Å². The SMILES string of the molecule is O=C1CN(Cc2ccccc2)CC(=O)NCCN(Cc2ccc(-c3ccc(CN4CCNC(=O)CN(Cc5ccc(-c6ccc(CN7CCNC(=O)CN(Cc8ccccc8)CC(=O)NCC7)cc6)cc5)CC(=O)NCC4)cc3)cc2)CCN1. The summed E-state index contributed by atoms with van der Waals surface area (Å²) in [6, 6.07) is 53.5. The second kappa shape index (κ2) is 31.5. The molecule has 0 aliphatic carbocycles. The first-order valence-corrected chi connectivity index (χ1v) is 29.4. The van der Waals surface area contributed by atoms with Crippen LogP contribution in [0.1, 0.15) is 33.4 Å². The van der Waals surface area contributed by atoms with Crippen LogP contribution in [0.25, 0.3) is 22.3 Å². The van der Waals surface area contributed by atoms with Gasteiger partial charge in [0.05, 0.1) is 39.3 Å². The van der Waals surface area contributed by atoms with Crippen molar-refractivity contribution < 1.29 is 28.8 Å². The Hall–Kier alpha value is -8.10. The summed E-state index contributed by atoms with van der Waals surface area (Å²) < 4.78 is 0. The van der Waals surface area contributed by atoms with Crippen molar-refractivity contribution in [2.75, 3.05) is 118 Å². The topological polar surface area (TPSA) is 194 Å². The number of hydrogen-bond acceptors (Lipinski definition) is 12. The first-order valence-electron chi connectivity index (χ1n) is 29.4. The second-order valence-electron chi connectivity index (χ2n) is 22.1. The molecule has 3 saturated heterocycles. The Kier molecular flexibility index (Phi) is 22.7. The van der Waals surface area contributed by atoms with Crippen molar-refractivity contribution in [2.45, 2.75) is 39.3 Å². The maximum absolute atomic E-state index is 13.3. The molecule has 3 fully saturated rings. The number of carbonyl (C=O) groups excluding carboxylic acids is 6. The highest BCUT2D eigenvalue weighted by Gasteiger charge is 2.21. The molecule has 0 radical (unpaired) electrons. The lowest BCUT2D eigenvalue weighted by molar-refractivity contribution is -0.127. The van der Waals surface area contributed by atoms with Gasteiger partial charge in [-0.25, -0.2) is 0 Å². The highest BCUT2D eigenvalue weighted by Crippen LogP contribution is 2.24. The zero-order valence-corrected chi connectivity index (χ0v) is 48.1. The normalized spacial score (nSPS) is 18.3. The molecule has 3 heterocycles. The summed E-state index contributed by atoms with van der Waals surface area (Å²) in [4.78, 5) is 90.5. The Morgan fingerprint density at radius 1 is 0.226 bits per heavy atom. The predicted octanol–water partition coefficient (Wildman–Crippen LogP) is 3.67. The minimum absolute atomic E-state index is 0.0923. The van der Waals surface area contributed by atoms with Gasteiger partial charge in [0.1, 0.15) is 0 Å². The minimum atomic E-state index is -0.129. The van der Waals surface area contributed by atoms with Gasteiger partial charge in [-0.15, -0.1) is 0 Å². The van der Waals surface area contributed by atoms with E-state index in [9.17, 15) is 28.8 Å². The average molecular weight is 1140 g/mol. The van der Waals surface area contributed by atoms with E-state index in [2.05, 4.69) is 132 Å². The zero-order valence-electron chi connectivity index (χ0n) is 48.1. The van der Waals surface area contributed by atoms with Gasteiger partial charge >= 0.3 is 0 Å². The summed E-state index contributed by atoms with van der Waals surface area (Å²) in [5, 5.41) is 18.4. The molecule has 3 aliphatic rings. The van der Waals surface area contributed by atoms with E-state index < -0.39 is 0 Å². The second-order valence-corrected chi connectivity index (χ2v) is 22.1. The van der Waals surface area contributed by atoms with Crippen LogP contribution in [0.2, 0.25) is 0 Å². The molecular formula is C66H80N12O6. The molecule has 6 amide bonds. The largest absolute Gasteiger partial charge is 0.354 e. The molecule has 84 heavy (non-hydrogen) atoms. The fourth-order valence-electron chi connectivity index (χ4n) is 10.9. The highest BCUT2D eigenvalue weighted by atomic mass is 16.2. The van der Waals surface area contributed by atoms with Gasteiger partial charge in [-0.1, -0.05) is 158 Å². The van der Waals surface area contributed by atoms with Gasteiger partial charge in [0.25, 0.3) is 0 Å². The smallest absolute Gasteiger partial charge is 0.234 e. The number of benzene rings is 6. The van der Waals surface area contributed by atoms with Crippen molar-refractivity contribution in [2.24, 2.45) is 0 Å². The highest BCUT2D eigenvalue weighted by molar-refractivity contribution is 5.83. The van der Waals surface area contributed by atoms with Crippen molar-refractivity contribution in [1.29, 1.82) is 0 Å². The first-order chi connectivity index (χ1) is 41.0. The van der Waals surface area contributed by atoms with E-state index in [4.69, 9.17) is 0 Å². The van der Waals surface area contributed by atoms with E-state index in [-0.39, 0.29) is 74.7 Å². The number of carbonyl (C=O) groups is 6. The van der Waals surface area contributed by atoms with Crippen molar-refractivity contribution in [3.8, 4) is 22.3 Å². The predicted molar refractivity (Wildman–Crippen MR) is 326 cm³/mol. The third-order valence-corrected chi connectivity index (χ3v) is 15.3. The molecule has 0 aromatic heterocycles. The minimum Gasteiger partial charge on any atom is -0.354 e. The molecule has 6 aromatic rings. The van der Waals surface area contributed by atoms with Crippen LogP contribution in [0.3, 0.4) is 0 Å². The summed E-state index contributed by atoms with van der Waals surface area (Å²) in [5.74, 6) is -0.656. The van der Waals surface area contributed by atoms with Crippen LogP contribution in [0.4, 0.5) is 0 Å². The molecule has 0 saturated carbocycles. The molecule has 6 N–H and O–H groups in total. The summed E-state index contributed by atoms with van der Waals surface area (Å²) >= 11 is 0. The average Bonchev–Trinajstić information content (AvgIpc) is 3.68. The van der Waals surface area contributed by atoms with Crippen LogP contribution in [-0.4, -0.2) is 183 Å². The summed E-state index contributed by atoms with van der Waals surface area (Å²) in [7, 11) is 0. The van der Waals surface area contributed by atoms with Gasteiger partial charge < -0.3 is 31.9 Å². The molecule has 18 heteroatoms. The lowest BCUT2D eigenvalue weighted by atomic mass is 10.0. The van der Waals surface area contributed by atoms with Crippen molar-refractivity contribution in [1.82, 2.24) is 61.3 Å². The molecular weight excluding hydrogens is 1060 g/mol. The molecule has 18 nitrogen and oxygen atoms in total. The van der Waals surface area contributed by atoms with Crippen LogP contribution in [0.15, 0.2) is 158 Å². The summed E-state index contributed by atoms with van der Waals surface area (Å²) in [6.07, 6.45) is 0.